The Morgan fingerprint density at radius 1 is 1.17 bits per heavy atom. The molecule has 1 aliphatic heterocycles. The Balaban J connectivity index is 1.92. The van der Waals surface area contributed by atoms with Gasteiger partial charge in [-0.2, -0.15) is 0 Å². The van der Waals surface area contributed by atoms with Gasteiger partial charge in [0.05, 0.1) is 11.8 Å². The summed E-state index contributed by atoms with van der Waals surface area (Å²) in [7, 11) is 0. The maximum absolute atomic E-state index is 13.8. The number of aliphatic imine (C=N–C) groups is 1. The summed E-state index contributed by atoms with van der Waals surface area (Å²) in [6, 6.07) is 12.9. The Morgan fingerprint density at radius 3 is 2.87 bits per heavy atom. The van der Waals surface area contributed by atoms with E-state index in [4.69, 9.17) is 16.6 Å². The molecule has 3 aromatic rings. The molecule has 0 amide bonds. The van der Waals surface area contributed by atoms with Crippen LogP contribution >= 0.6 is 11.6 Å². The van der Waals surface area contributed by atoms with Crippen molar-refractivity contribution in [1.82, 2.24) is 4.98 Å². The highest BCUT2D eigenvalue weighted by Gasteiger charge is 2.22. The summed E-state index contributed by atoms with van der Waals surface area (Å²) < 4.78 is 13.8. The van der Waals surface area contributed by atoms with Crippen molar-refractivity contribution in [2.45, 2.75) is 19.4 Å². The number of benzene rings is 2. The highest BCUT2D eigenvalue weighted by Crippen LogP contribution is 2.29. The van der Waals surface area contributed by atoms with Crippen molar-refractivity contribution in [3.8, 4) is 0 Å². The number of hydrogen-bond donors (Lipinski definition) is 0. The normalized spacial score (nSPS) is 17.0. The van der Waals surface area contributed by atoms with Gasteiger partial charge in [0.15, 0.2) is 0 Å². The largest absolute Gasteiger partial charge is 0.281 e. The third-order valence-electron chi connectivity index (χ3n) is 4.16. The van der Waals surface area contributed by atoms with E-state index in [-0.39, 0.29) is 11.9 Å². The van der Waals surface area contributed by atoms with Crippen LogP contribution in [0.4, 0.5) is 4.39 Å². The number of fused-ring (bicyclic) bond motifs is 2. The van der Waals surface area contributed by atoms with E-state index in [2.05, 4.69) is 11.9 Å². The van der Waals surface area contributed by atoms with Crippen LogP contribution in [0.1, 0.15) is 23.6 Å². The lowest BCUT2D eigenvalue weighted by Crippen LogP contribution is -2.20. The lowest BCUT2D eigenvalue weighted by atomic mass is 9.91. The van der Waals surface area contributed by atoms with E-state index in [1.807, 2.05) is 30.3 Å². The van der Waals surface area contributed by atoms with Crippen LogP contribution in [0.5, 0.6) is 0 Å². The van der Waals surface area contributed by atoms with Gasteiger partial charge in [-0.1, -0.05) is 35.9 Å². The summed E-state index contributed by atoms with van der Waals surface area (Å²) in [6.07, 6.45) is 2.51. The summed E-state index contributed by atoms with van der Waals surface area (Å²) >= 11 is 6.36. The van der Waals surface area contributed by atoms with Crippen molar-refractivity contribution in [2.75, 3.05) is 0 Å². The van der Waals surface area contributed by atoms with E-state index < -0.39 is 0 Å². The second-order valence-electron chi connectivity index (χ2n) is 5.83. The van der Waals surface area contributed by atoms with Gasteiger partial charge in [-0.25, -0.2) is 4.39 Å². The molecule has 0 unspecified atom stereocenters. The average Bonchev–Trinajstić information content (AvgIpc) is 2.55. The van der Waals surface area contributed by atoms with Gasteiger partial charge >= 0.3 is 0 Å². The minimum Gasteiger partial charge on any atom is -0.281 e. The number of hydrogen-bond acceptors (Lipinski definition) is 2. The zero-order valence-corrected chi connectivity index (χ0v) is 13.3. The van der Waals surface area contributed by atoms with Crippen molar-refractivity contribution in [2.24, 2.45) is 4.99 Å². The highest BCUT2D eigenvalue weighted by molar-refractivity contribution is 6.32. The molecule has 0 N–H and O–H groups in total. The van der Waals surface area contributed by atoms with Crippen LogP contribution in [0.15, 0.2) is 53.7 Å². The number of pyridine rings is 1. The molecule has 2 aromatic carbocycles. The van der Waals surface area contributed by atoms with E-state index in [0.29, 0.717) is 5.52 Å². The van der Waals surface area contributed by atoms with Crippen LogP contribution < -0.4 is 0 Å². The smallest absolute Gasteiger partial charge is 0.149 e. The maximum Gasteiger partial charge on any atom is 0.149 e. The quantitative estimate of drug-likeness (QED) is 0.630. The third-order valence-corrected chi connectivity index (χ3v) is 4.51. The Hall–Kier alpha value is -2.26. The summed E-state index contributed by atoms with van der Waals surface area (Å²) in [6.45, 7) is 2.07. The Kier molecular flexibility index (Phi) is 3.38. The van der Waals surface area contributed by atoms with Crippen LogP contribution in [0.3, 0.4) is 0 Å². The monoisotopic (exact) mass is 324 g/mol. The number of aromatic nitrogens is 1. The van der Waals surface area contributed by atoms with Gasteiger partial charge in [0, 0.05) is 27.7 Å². The molecule has 2 heterocycles. The van der Waals surface area contributed by atoms with E-state index in [1.54, 1.807) is 12.3 Å². The molecule has 1 aliphatic rings. The molecule has 2 nitrogen and oxygen atoms in total. The van der Waals surface area contributed by atoms with Crippen LogP contribution in [0.2, 0.25) is 5.02 Å². The van der Waals surface area contributed by atoms with Crippen molar-refractivity contribution in [3.63, 3.8) is 0 Å². The molecular weight excluding hydrogens is 311 g/mol. The fourth-order valence-corrected chi connectivity index (χ4v) is 3.35. The first-order valence-electron chi connectivity index (χ1n) is 7.53. The minimum atomic E-state index is -0.309. The number of para-hydroxylation sites is 1. The van der Waals surface area contributed by atoms with Crippen molar-refractivity contribution in [3.05, 3.63) is 76.2 Å². The van der Waals surface area contributed by atoms with Gasteiger partial charge in [-0.05, 0) is 37.1 Å². The van der Waals surface area contributed by atoms with E-state index >= 15 is 0 Å². The molecule has 0 saturated heterocycles. The van der Waals surface area contributed by atoms with Gasteiger partial charge in [-0.15, -0.1) is 0 Å². The van der Waals surface area contributed by atoms with Crippen LogP contribution in [-0.4, -0.2) is 16.7 Å². The number of nitrogens with zero attached hydrogens (tertiary/aromatic N) is 2. The van der Waals surface area contributed by atoms with Crippen LogP contribution in [0, 0.1) is 5.82 Å². The van der Waals surface area contributed by atoms with Crippen molar-refractivity contribution < 1.29 is 4.39 Å². The van der Waals surface area contributed by atoms with Crippen molar-refractivity contribution >= 4 is 28.2 Å². The standard InChI is InChI=1S/C19H14ClFN2/c1-11-8-15-14(5-3-6-16(15)20)18(23-11)13-9-12-4-2-7-17(21)19(12)22-10-13/h2-7,9-11H,8H2,1H3/t11-/m0/s1. The summed E-state index contributed by atoms with van der Waals surface area (Å²) in [5.41, 5.74) is 4.30. The molecule has 0 radical (unpaired) electrons. The minimum absolute atomic E-state index is 0.153. The molecule has 114 valence electrons. The molecule has 0 bridgehead atoms. The third kappa shape index (κ3) is 2.41. The number of rotatable bonds is 1. The summed E-state index contributed by atoms with van der Waals surface area (Å²) in [4.78, 5) is 9.08. The van der Waals surface area contributed by atoms with Gasteiger partial charge in [0.25, 0.3) is 0 Å². The molecule has 1 aromatic heterocycles. The highest BCUT2D eigenvalue weighted by atomic mass is 35.5. The predicted octanol–water partition coefficient (Wildman–Crippen LogP) is 4.81. The van der Waals surface area contributed by atoms with E-state index in [9.17, 15) is 4.39 Å². The Morgan fingerprint density at radius 2 is 2.00 bits per heavy atom. The van der Waals surface area contributed by atoms with Gasteiger partial charge in [-0.3, -0.25) is 9.98 Å². The first-order chi connectivity index (χ1) is 11.1. The first kappa shape index (κ1) is 14.3. The summed E-state index contributed by atoms with van der Waals surface area (Å²) in [5.74, 6) is -0.309. The fraction of sp³-hybridized carbons (Fsp3) is 0.158. The predicted molar refractivity (Wildman–Crippen MR) is 92.0 cm³/mol. The zero-order valence-electron chi connectivity index (χ0n) is 12.6. The second-order valence-corrected chi connectivity index (χ2v) is 6.24. The average molecular weight is 325 g/mol. The second kappa shape index (κ2) is 5.43. The molecule has 0 spiro atoms. The Labute approximate surface area is 138 Å². The first-order valence-corrected chi connectivity index (χ1v) is 7.91. The molecule has 0 aliphatic carbocycles. The van der Waals surface area contributed by atoms with Gasteiger partial charge in [0.2, 0.25) is 0 Å². The van der Waals surface area contributed by atoms with Gasteiger partial charge in [0.1, 0.15) is 11.3 Å². The zero-order chi connectivity index (χ0) is 16.0. The molecule has 0 fully saturated rings. The van der Waals surface area contributed by atoms with Gasteiger partial charge < -0.3 is 0 Å². The fourth-order valence-electron chi connectivity index (χ4n) is 3.10. The number of halogens is 2. The SMILES string of the molecule is C[C@H]1Cc2c(Cl)cccc2C(c2cnc3c(F)cccc3c2)=N1. The van der Waals surface area contributed by atoms with Crippen LogP contribution in [-0.2, 0) is 6.42 Å². The molecule has 1 atom stereocenters. The van der Waals surface area contributed by atoms with E-state index in [1.165, 1.54) is 6.07 Å². The van der Waals surface area contributed by atoms with E-state index in [0.717, 1.165) is 39.2 Å². The van der Waals surface area contributed by atoms with Crippen molar-refractivity contribution in [1.29, 1.82) is 0 Å². The topological polar surface area (TPSA) is 25.2 Å². The lowest BCUT2D eigenvalue weighted by Gasteiger charge is -2.22. The van der Waals surface area contributed by atoms with Crippen LogP contribution in [0.25, 0.3) is 10.9 Å². The summed E-state index contributed by atoms with van der Waals surface area (Å²) in [5, 5.41) is 1.54. The lowest BCUT2D eigenvalue weighted by molar-refractivity contribution is 0.637. The Bertz CT molecular complexity index is 949. The molecular formula is C19H14ClFN2. The molecule has 23 heavy (non-hydrogen) atoms. The molecule has 4 heteroatoms. The molecule has 0 saturated carbocycles. The maximum atomic E-state index is 13.8. The molecule has 4 rings (SSSR count).